The van der Waals surface area contributed by atoms with Crippen molar-refractivity contribution in [3.05, 3.63) is 208 Å². The van der Waals surface area contributed by atoms with E-state index in [1.54, 1.807) is 89.5 Å². The van der Waals surface area contributed by atoms with Crippen LogP contribution in [0.4, 0.5) is 40.3 Å². The highest BCUT2D eigenvalue weighted by Gasteiger charge is 2.34. The molecule has 21 N–H and O–H groups in total. The maximum absolute atomic E-state index is 13.8. The Kier molecular flexibility index (Phi) is 41.0. The quantitative estimate of drug-likeness (QED) is 0.0128. The molecule has 8 aromatic rings. The number of benzene rings is 4. The fourth-order valence-corrected chi connectivity index (χ4v) is 18.1. The molecule has 4 aromatic carbocycles. The lowest BCUT2D eigenvalue weighted by atomic mass is 10.0. The summed E-state index contributed by atoms with van der Waals surface area (Å²) >= 11 is 0. The molecule has 8 atom stereocenters. The van der Waals surface area contributed by atoms with Crippen molar-refractivity contribution in [2.75, 3.05) is 80.7 Å². The molecular formula is C105H133F4N15O20. The molecule has 144 heavy (non-hydrogen) atoms. The monoisotopic (exact) mass is 2000 g/mol. The number of halogens is 4. The molecule has 776 valence electrons. The van der Waals surface area contributed by atoms with E-state index < -0.39 is 72.1 Å². The molecule has 35 nitrogen and oxygen atoms in total. The molecule has 6 aliphatic heterocycles. The lowest BCUT2D eigenvalue weighted by Gasteiger charge is -2.27. The molecule has 6 aliphatic rings. The highest BCUT2D eigenvalue weighted by molar-refractivity contribution is 6.37. The van der Waals surface area contributed by atoms with E-state index in [0.717, 1.165) is 58.3 Å². The van der Waals surface area contributed by atoms with Gasteiger partial charge in [-0.05, 0) is 265 Å². The van der Waals surface area contributed by atoms with Crippen LogP contribution >= 0.6 is 0 Å². The topological polar surface area (TPSA) is 545 Å². The second-order valence-electron chi connectivity index (χ2n) is 36.5. The van der Waals surface area contributed by atoms with Gasteiger partial charge in [0.2, 0.25) is 17.7 Å². The van der Waals surface area contributed by atoms with Crippen LogP contribution in [-0.4, -0.2) is 250 Å². The van der Waals surface area contributed by atoms with Gasteiger partial charge in [-0.2, -0.15) is 0 Å². The average molecular weight is 2000 g/mol. The number of Topliss-reactive ketones (excluding diaryl/α,β-unsaturated/α-hetero) is 1. The Morgan fingerprint density at radius 1 is 0.347 bits per heavy atom. The van der Waals surface area contributed by atoms with Crippen LogP contribution in [0.25, 0.3) is 46.6 Å². The summed E-state index contributed by atoms with van der Waals surface area (Å²) in [5, 5.41) is 105. The number of aromatic nitrogens is 4. The summed E-state index contributed by atoms with van der Waals surface area (Å²) in [5.74, 6) is -5.25. The van der Waals surface area contributed by atoms with Crippen LogP contribution in [0.1, 0.15) is 262 Å². The number of aliphatic hydroxyl groups is 8. The summed E-state index contributed by atoms with van der Waals surface area (Å²) in [4.78, 5) is 164. The van der Waals surface area contributed by atoms with E-state index in [0.29, 0.717) is 157 Å². The normalized spacial score (nSPS) is 16.5. The van der Waals surface area contributed by atoms with E-state index in [2.05, 4.69) is 67.8 Å². The number of anilines is 4. The summed E-state index contributed by atoms with van der Waals surface area (Å²) in [6.07, 6.45) is 5.14. The third-order valence-electron chi connectivity index (χ3n) is 25.5. The Morgan fingerprint density at radius 3 is 0.812 bits per heavy atom. The summed E-state index contributed by atoms with van der Waals surface area (Å²) in [7, 11) is 1.47. The van der Waals surface area contributed by atoms with Crippen LogP contribution in [0.5, 0.6) is 0 Å². The van der Waals surface area contributed by atoms with E-state index in [1.807, 2.05) is 0 Å². The number of aromatic amines is 4. The van der Waals surface area contributed by atoms with E-state index in [4.69, 9.17) is 0 Å². The largest absolute Gasteiger partial charge is 0.393 e. The molecule has 0 spiro atoms. The molecule has 14 rings (SSSR count). The van der Waals surface area contributed by atoms with Crippen molar-refractivity contribution in [2.24, 2.45) is 0 Å². The Labute approximate surface area is 832 Å². The van der Waals surface area contributed by atoms with Crippen LogP contribution in [-0.2, 0) is 38.4 Å². The predicted molar refractivity (Wildman–Crippen MR) is 540 cm³/mol. The van der Waals surface area contributed by atoms with Crippen LogP contribution in [0, 0.1) is 78.7 Å². The molecule has 2 fully saturated rings. The number of rotatable bonds is 36. The second kappa shape index (κ2) is 51.9. The summed E-state index contributed by atoms with van der Waals surface area (Å²) in [6, 6.07) is 16.3. The van der Waals surface area contributed by atoms with Crippen molar-refractivity contribution in [1.82, 2.24) is 56.3 Å². The number of aliphatic hydroxyl groups excluding tert-OH is 8. The third-order valence-corrected chi connectivity index (χ3v) is 25.5. The lowest BCUT2D eigenvalue weighted by Crippen LogP contribution is -2.38. The highest BCUT2D eigenvalue weighted by atomic mass is 19.1. The number of ketones is 1. The van der Waals surface area contributed by atoms with Crippen molar-refractivity contribution in [3.8, 4) is 0 Å². The van der Waals surface area contributed by atoms with Gasteiger partial charge in [0.15, 0.2) is 0 Å². The molecule has 11 amide bonds. The zero-order valence-electron chi connectivity index (χ0n) is 80.9. The smallest absolute Gasteiger partial charge is 0.256 e. The molecular weight excluding hydrogens is 1870 g/mol. The first-order chi connectivity index (χ1) is 67.4. The van der Waals surface area contributed by atoms with Gasteiger partial charge >= 0.3 is 0 Å². The zero-order chi connectivity index (χ0) is 103. The highest BCUT2D eigenvalue weighted by Crippen LogP contribution is 2.40. The number of nitrogens with zero attached hydrogens (tertiary/aromatic N) is 2. The van der Waals surface area contributed by atoms with Gasteiger partial charge < -0.3 is 118 Å². The Morgan fingerprint density at radius 2 is 0.576 bits per heavy atom. The van der Waals surface area contributed by atoms with E-state index in [-0.39, 0.29) is 189 Å². The van der Waals surface area contributed by atoms with Gasteiger partial charge in [0, 0.05) is 156 Å². The molecule has 0 bridgehead atoms. The minimum atomic E-state index is -0.971. The zero-order valence-corrected chi connectivity index (χ0v) is 80.9. The Hall–Kier alpha value is -13.8. The number of fused-ring (bicyclic) bond motifs is 4. The standard InChI is InChI=1S/C28H35FN4O5.C27H33FN4O5.C24H29FN4O5.C24H28FN3O5.2CH4/c1-16-24(15-22-21-12-18(29)6-7-23(21)32-27(22)37)31-17(2)26(16)28(38)30-9-8-19(34)13-20(35)14-25(36)33-10-4-3-5-11-33;1-15-23(14-21-20-11-17(28)5-6-22(20)31-26(21)36)30-16(2)25(15)27(37)29-8-7-18(33)12-19(34)13-24(35)32-9-3-4-10-32;1-12-20(11-18-17-8-14(25)4-5-19(17)29-23(18)33)28-13(2)22(12)24(34)27-7-6-15(30)9-16(31)10-21(32)26-3;1-12(29)8-17(31)10-16(30)6-7-26-24(33)22-13(2)21(27-14(22)3)11-19-18-9-15(25)4-5-20(18)28-23(19)32;;/h6-7,12,15,19-20,31,34-35H,3-5,8-11,13-14H2,1-2H3,(H,30,38)(H,32,37);5-6,11,14,18-19,30,33-34H,3-4,7-10,12-13H2,1-2H3,(H,29,37)(H,31,36);4-5,8,11,15-16,28,30-31H,6-7,9-10H2,1-3H3,(H,26,32)(H,27,34)(H,29,33);4-5,9,11,16-17,27,30-31H,6-8,10H2,1-3H3,(H,26,33)(H,28,32);2*1H4/b22-15-;21-14-;18-11-;19-11-;;. The van der Waals surface area contributed by atoms with Gasteiger partial charge in [-0.25, -0.2) is 17.6 Å². The Balaban J connectivity index is 0.000000213. The molecule has 8 unspecified atom stereocenters. The first-order valence-electron chi connectivity index (χ1n) is 47.4. The molecule has 39 heteroatoms. The average Bonchev–Trinajstić information content (AvgIpc) is 1.64. The minimum Gasteiger partial charge on any atom is -0.393 e. The number of hydrogen-bond donors (Lipinski definition) is 21. The maximum atomic E-state index is 13.8. The number of likely N-dealkylation sites (tertiary alicyclic amines) is 2. The van der Waals surface area contributed by atoms with E-state index in [1.165, 1.54) is 86.8 Å². The maximum Gasteiger partial charge on any atom is 0.256 e. The number of nitrogens with one attached hydrogen (secondary N) is 13. The predicted octanol–water partition coefficient (Wildman–Crippen LogP) is 10.8. The fraction of sp³-hybridized carbons (Fsp3) is 0.429. The van der Waals surface area contributed by atoms with Crippen molar-refractivity contribution >= 4 is 140 Å². The number of carbonyl (C=O) groups excluding carboxylic acids is 12. The number of H-pyrrole nitrogens is 4. The first-order valence-corrected chi connectivity index (χ1v) is 47.4. The first kappa shape index (κ1) is 114. The van der Waals surface area contributed by atoms with Crippen LogP contribution in [0.3, 0.4) is 0 Å². The van der Waals surface area contributed by atoms with Gasteiger partial charge in [0.1, 0.15) is 29.1 Å². The molecule has 10 heterocycles. The van der Waals surface area contributed by atoms with Gasteiger partial charge in [-0.3, -0.25) is 57.5 Å². The van der Waals surface area contributed by atoms with Crippen molar-refractivity contribution in [2.45, 2.75) is 235 Å². The van der Waals surface area contributed by atoms with E-state index in [9.17, 15) is 116 Å². The molecule has 0 radical (unpaired) electrons. The summed E-state index contributed by atoms with van der Waals surface area (Å²) in [5.41, 5.74) is 14.0. The van der Waals surface area contributed by atoms with Gasteiger partial charge in [-0.15, -0.1) is 0 Å². The molecule has 0 saturated carbocycles. The third kappa shape index (κ3) is 29.9. The second-order valence-corrected chi connectivity index (χ2v) is 36.5. The number of aryl methyl sites for hydroxylation is 4. The van der Waals surface area contributed by atoms with Crippen molar-refractivity contribution in [1.29, 1.82) is 0 Å². The van der Waals surface area contributed by atoms with Crippen molar-refractivity contribution in [3.63, 3.8) is 0 Å². The molecule has 2 saturated heterocycles. The lowest BCUT2D eigenvalue weighted by molar-refractivity contribution is -0.135. The van der Waals surface area contributed by atoms with Gasteiger partial charge in [0.05, 0.1) is 113 Å². The van der Waals surface area contributed by atoms with Gasteiger partial charge in [-0.1, -0.05) is 14.9 Å². The van der Waals surface area contributed by atoms with Crippen LogP contribution < -0.4 is 47.9 Å². The van der Waals surface area contributed by atoms with Crippen molar-refractivity contribution < 1.29 is 116 Å². The molecule has 0 aliphatic carbocycles. The number of hydrogen-bond acceptors (Lipinski definition) is 20. The number of piperidine rings is 1. The molecule has 4 aromatic heterocycles. The summed E-state index contributed by atoms with van der Waals surface area (Å²) < 4.78 is 54.9. The SMILES string of the molecule is C.C.CC(=O)CC(O)CC(O)CCNC(=O)c1c(C)[nH]c(/C=C2\C(=O)Nc3ccc(F)cc32)c1C.CNC(=O)CC(O)CC(O)CCNC(=O)c1c(C)[nH]c(/C=C2\C(=O)Nc3ccc(F)cc32)c1C.Cc1[nH]c(/C=C2\C(=O)Nc3ccc(F)cc32)c(C)c1C(=O)NCCC(O)CC(O)CC(=O)N1CCCC1.Cc1[nH]c(/C=C2\C(=O)Nc3ccc(F)cc32)c(C)c1C(=O)NCCC(O)CC(O)CC(=O)N1CCCCC1. The van der Waals surface area contributed by atoms with E-state index >= 15 is 0 Å². The number of amides is 11. The summed E-state index contributed by atoms with van der Waals surface area (Å²) in [6.45, 7) is 18.9. The fourth-order valence-electron chi connectivity index (χ4n) is 18.1. The van der Waals surface area contributed by atoms with Gasteiger partial charge in [0.25, 0.3) is 47.3 Å². The minimum absolute atomic E-state index is 0. The van der Waals surface area contributed by atoms with Crippen LogP contribution in [0.15, 0.2) is 72.8 Å². The van der Waals surface area contributed by atoms with Crippen LogP contribution in [0.2, 0.25) is 0 Å². The Bertz CT molecular complexity index is 6210. The number of carbonyl (C=O) groups is 12.